The van der Waals surface area contributed by atoms with E-state index in [1.165, 1.54) is 16.7 Å². The van der Waals surface area contributed by atoms with Gasteiger partial charge in [0.2, 0.25) is 0 Å². The minimum Gasteiger partial charge on any atom is -0.399 e. The number of nitrogen functional groups attached to an aromatic ring is 2. The Morgan fingerprint density at radius 1 is 0.882 bits per heavy atom. The number of benzene rings is 2. The summed E-state index contributed by atoms with van der Waals surface area (Å²) in [5, 5.41) is 0. The van der Waals surface area contributed by atoms with Gasteiger partial charge in [0.15, 0.2) is 0 Å². The van der Waals surface area contributed by atoms with Gasteiger partial charge in [-0.25, -0.2) is 0 Å². The predicted octanol–water partition coefficient (Wildman–Crippen LogP) is 3.06. The molecule has 0 unspecified atom stereocenters. The monoisotopic (exact) mass is 226 g/mol. The molecular weight excluding hydrogens is 208 g/mol. The smallest absolute Gasteiger partial charge is 0.0350 e. The highest BCUT2D eigenvalue weighted by Crippen LogP contribution is 2.20. The molecule has 4 N–H and O–H groups in total. The van der Waals surface area contributed by atoms with E-state index in [0.29, 0.717) is 0 Å². The zero-order valence-corrected chi connectivity index (χ0v) is 10.3. The van der Waals surface area contributed by atoms with E-state index in [4.69, 9.17) is 11.5 Å². The maximum Gasteiger partial charge on any atom is 0.0350 e. The summed E-state index contributed by atoms with van der Waals surface area (Å²) in [4.78, 5) is 0. The summed E-state index contributed by atoms with van der Waals surface area (Å²) >= 11 is 0. The summed E-state index contributed by atoms with van der Waals surface area (Å²) in [6.07, 6.45) is 0.856. The molecular formula is C15H18N2. The molecule has 0 saturated heterocycles. The Kier molecular flexibility index (Phi) is 3.05. The van der Waals surface area contributed by atoms with E-state index in [0.717, 1.165) is 23.4 Å². The highest BCUT2D eigenvalue weighted by atomic mass is 14.6. The van der Waals surface area contributed by atoms with Crippen LogP contribution in [0.4, 0.5) is 11.4 Å². The number of hydrogen-bond acceptors (Lipinski definition) is 2. The fraction of sp³-hybridized carbons (Fsp3) is 0.200. The van der Waals surface area contributed by atoms with E-state index in [2.05, 4.69) is 25.1 Å². The fourth-order valence-electron chi connectivity index (χ4n) is 1.96. The average Bonchev–Trinajstić information content (AvgIpc) is 2.29. The van der Waals surface area contributed by atoms with Gasteiger partial charge in [0.1, 0.15) is 0 Å². The first-order valence-electron chi connectivity index (χ1n) is 5.76. The second kappa shape index (κ2) is 4.50. The van der Waals surface area contributed by atoms with Gasteiger partial charge in [-0.15, -0.1) is 0 Å². The Labute approximate surface area is 102 Å². The molecule has 0 aromatic heterocycles. The molecule has 0 radical (unpaired) electrons. The summed E-state index contributed by atoms with van der Waals surface area (Å²) in [7, 11) is 0. The molecule has 0 atom stereocenters. The molecule has 0 aliphatic heterocycles. The van der Waals surface area contributed by atoms with Crippen molar-refractivity contribution in [1.29, 1.82) is 0 Å². The maximum atomic E-state index is 5.98. The second-order valence-electron chi connectivity index (χ2n) is 4.57. The van der Waals surface area contributed by atoms with Gasteiger partial charge in [0.05, 0.1) is 0 Å². The van der Waals surface area contributed by atoms with Crippen LogP contribution in [0.3, 0.4) is 0 Å². The molecule has 0 aliphatic carbocycles. The Morgan fingerprint density at radius 3 is 2.29 bits per heavy atom. The van der Waals surface area contributed by atoms with Gasteiger partial charge in [-0.05, 0) is 49.1 Å². The van der Waals surface area contributed by atoms with Gasteiger partial charge in [-0.2, -0.15) is 0 Å². The van der Waals surface area contributed by atoms with Crippen LogP contribution in [0.1, 0.15) is 22.3 Å². The number of aryl methyl sites for hydroxylation is 2. The molecule has 2 nitrogen and oxygen atoms in total. The van der Waals surface area contributed by atoms with Gasteiger partial charge in [0, 0.05) is 11.4 Å². The number of rotatable bonds is 2. The largest absolute Gasteiger partial charge is 0.399 e. The topological polar surface area (TPSA) is 52.0 Å². The van der Waals surface area contributed by atoms with E-state index in [-0.39, 0.29) is 0 Å². The molecule has 0 aliphatic rings. The molecule has 0 bridgehead atoms. The minimum atomic E-state index is 0.839. The normalized spacial score (nSPS) is 10.5. The summed E-state index contributed by atoms with van der Waals surface area (Å²) in [6, 6.07) is 12.3. The van der Waals surface area contributed by atoms with Crippen LogP contribution in [0, 0.1) is 13.8 Å². The Balaban J connectivity index is 2.31. The SMILES string of the molecule is Cc1ccc(N)c(Cc2ccc(N)c(C)c2)c1. The van der Waals surface area contributed by atoms with Crippen LogP contribution in [-0.4, -0.2) is 0 Å². The van der Waals surface area contributed by atoms with Gasteiger partial charge in [-0.3, -0.25) is 0 Å². The molecule has 2 aromatic carbocycles. The minimum absolute atomic E-state index is 0.839. The zero-order valence-electron chi connectivity index (χ0n) is 10.3. The van der Waals surface area contributed by atoms with Gasteiger partial charge < -0.3 is 11.5 Å². The van der Waals surface area contributed by atoms with Gasteiger partial charge >= 0.3 is 0 Å². The van der Waals surface area contributed by atoms with Gasteiger partial charge in [0.25, 0.3) is 0 Å². The number of nitrogens with two attached hydrogens (primary N) is 2. The van der Waals surface area contributed by atoms with Crippen molar-refractivity contribution in [2.75, 3.05) is 11.5 Å². The van der Waals surface area contributed by atoms with E-state index < -0.39 is 0 Å². The summed E-state index contributed by atoms with van der Waals surface area (Å²) in [5.41, 5.74) is 18.3. The third-order valence-electron chi connectivity index (χ3n) is 3.03. The van der Waals surface area contributed by atoms with Crippen molar-refractivity contribution in [3.63, 3.8) is 0 Å². The number of hydrogen-bond donors (Lipinski definition) is 2. The van der Waals surface area contributed by atoms with Crippen molar-refractivity contribution in [2.45, 2.75) is 20.3 Å². The van der Waals surface area contributed by atoms with Crippen LogP contribution >= 0.6 is 0 Å². The molecule has 2 rings (SSSR count). The van der Waals surface area contributed by atoms with Crippen LogP contribution in [0.5, 0.6) is 0 Å². The molecule has 0 spiro atoms. The quantitative estimate of drug-likeness (QED) is 0.773. The Hall–Kier alpha value is -1.96. The van der Waals surface area contributed by atoms with Gasteiger partial charge in [-0.1, -0.05) is 29.8 Å². The molecule has 2 heteroatoms. The average molecular weight is 226 g/mol. The highest BCUT2D eigenvalue weighted by molar-refractivity contribution is 5.53. The Bertz CT molecular complexity index is 545. The summed E-state index contributed by atoms with van der Waals surface area (Å²) in [6.45, 7) is 4.11. The first kappa shape index (κ1) is 11.5. The van der Waals surface area contributed by atoms with E-state index >= 15 is 0 Å². The third kappa shape index (κ3) is 2.59. The summed E-state index contributed by atoms with van der Waals surface area (Å²) in [5.74, 6) is 0. The van der Waals surface area contributed by atoms with Crippen molar-refractivity contribution < 1.29 is 0 Å². The standard InChI is InChI=1S/C15H18N2/c1-10-3-5-15(17)13(7-10)9-12-4-6-14(16)11(2)8-12/h3-8H,9,16-17H2,1-2H3. The molecule has 17 heavy (non-hydrogen) atoms. The predicted molar refractivity (Wildman–Crippen MR) is 74.0 cm³/mol. The first-order chi connectivity index (χ1) is 8.06. The lowest BCUT2D eigenvalue weighted by Crippen LogP contribution is -1.98. The zero-order chi connectivity index (χ0) is 12.4. The van der Waals surface area contributed by atoms with Crippen molar-refractivity contribution in [3.8, 4) is 0 Å². The van der Waals surface area contributed by atoms with Crippen molar-refractivity contribution in [2.24, 2.45) is 0 Å². The van der Waals surface area contributed by atoms with Crippen molar-refractivity contribution >= 4 is 11.4 Å². The van der Waals surface area contributed by atoms with Crippen LogP contribution in [0.25, 0.3) is 0 Å². The molecule has 0 saturated carbocycles. The fourth-order valence-corrected chi connectivity index (χ4v) is 1.96. The number of anilines is 2. The first-order valence-corrected chi connectivity index (χ1v) is 5.76. The molecule has 0 amide bonds. The van der Waals surface area contributed by atoms with Crippen LogP contribution in [-0.2, 0) is 6.42 Å². The lowest BCUT2D eigenvalue weighted by atomic mass is 10.00. The van der Waals surface area contributed by atoms with Crippen molar-refractivity contribution in [1.82, 2.24) is 0 Å². The Morgan fingerprint density at radius 2 is 1.59 bits per heavy atom. The second-order valence-corrected chi connectivity index (χ2v) is 4.57. The van der Waals surface area contributed by atoms with E-state index in [1.54, 1.807) is 0 Å². The molecule has 0 heterocycles. The lowest BCUT2D eigenvalue weighted by Gasteiger charge is -2.08. The van der Waals surface area contributed by atoms with Crippen molar-refractivity contribution in [3.05, 3.63) is 58.7 Å². The van der Waals surface area contributed by atoms with E-state index in [1.807, 2.05) is 25.1 Å². The molecule has 2 aromatic rings. The maximum absolute atomic E-state index is 5.98. The highest BCUT2D eigenvalue weighted by Gasteiger charge is 2.03. The summed E-state index contributed by atoms with van der Waals surface area (Å²) < 4.78 is 0. The molecule has 0 fully saturated rings. The molecule has 88 valence electrons. The third-order valence-corrected chi connectivity index (χ3v) is 3.03. The van der Waals surface area contributed by atoms with Crippen LogP contribution in [0.15, 0.2) is 36.4 Å². The lowest BCUT2D eigenvalue weighted by molar-refractivity contribution is 1.18. The van der Waals surface area contributed by atoms with E-state index in [9.17, 15) is 0 Å². The van der Waals surface area contributed by atoms with Crippen LogP contribution in [0.2, 0.25) is 0 Å². The van der Waals surface area contributed by atoms with Crippen LogP contribution < -0.4 is 11.5 Å².